The summed E-state index contributed by atoms with van der Waals surface area (Å²) in [4.78, 5) is 117. The highest BCUT2D eigenvalue weighted by atomic mass is 19.3. The Kier molecular flexibility index (Phi) is 32.6. The Morgan fingerprint density at radius 1 is 0.390 bits per heavy atom. The van der Waals surface area contributed by atoms with Crippen LogP contribution >= 0.6 is 0 Å². The fourth-order valence-corrected chi connectivity index (χ4v) is 15.3. The van der Waals surface area contributed by atoms with Crippen LogP contribution < -0.4 is 46.1 Å². The van der Waals surface area contributed by atoms with Gasteiger partial charge >= 0.3 is 5.97 Å². The number of ether oxygens (including phenoxy) is 7. The molecule has 3 aliphatic rings. The number of pyridine rings is 3. The van der Waals surface area contributed by atoms with Crippen molar-refractivity contribution in [2.45, 2.75) is 70.7 Å². The molecule has 18 rings (SSSR count). The number of alkyl halides is 2. The first kappa shape index (κ1) is 93.8. The summed E-state index contributed by atoms with van der Waals surface area (Å²) in [7, 11) is 0. The molecule has 35 heteroatoms. The molecular formula is C101H103F2N21O12. The molecule has 0 aliphatic carbocycles. The number of unbranched alkanes of at least 4 members (excludes halogenated alkanes) is 2. The normalized spacial score (nSPS) is 13.9. The molecule has 3 aliphatic heterocycles. The van der Waals surface area contributed by atoms with Gasteiger partial charge in [-0.2, -0.15) is 0 Å². The van der Waals surface area contributed by atoms with Crippen LogP contribution in [0, 0.1) is 0 Å². The van der Waals surface area contributed by atoms with Crippen molar-refractivity contribution in [3.63, 3.8) is 0 Å². The SMILES string of the molecule is O=C(/C=C/C(=O)Nc1cc2c(Nc3ccc4[nH]c(OCc5ccccc5)cc4c3)ncnc2cn1)CCCCN1CCOCC1.O=C(/C=C/C(=O)OCCCN1CCOCC1)Nc1cc2c(Nc3ccc4[nH]c(OCc5ccccc5)cc4c3)ncnc2cn1.O=C(/C=C/C(F)(F)CCCCN1CCOCC1)Nc1cc2c(Nc3ccc4[nH]c(OCc5ccccc5)cc4c3)ncnc2cn1. The number of ketones is 1. The van der Waals surface area contributed by atoms with E-state index in [1.807, 2.05) is 164 Å². The topological polar surface area (TPSA) is 395 Å². The third-order valence-electron chi connectivity index (χ3n) is 22.4. The number of esters is 1. The molecule has 9 aromatic heterocycles. The molecular weight excluding hydrogens is 1740 g/mol. The van der Waals surface area contributed by atoms with E-state index in [4.69, 9.17) is 33.2 Å². The van der Waals surface area contributed by atoms with Crippen LogP contribution in [-0.2, 0) is 62.7 Å². The van der Waals surface area contributed by atoms with Gasteiger partial charge < -0.3 is 80.0 Å². The molecule has 33 nitrogen and oxygen atoms in total. The first-order chi connectivity index (χ1) is 66.6. The van der Waals surface area contributed by atoms with Crippen LogP contribution in [0.5, 0.6) is 17.6 Å². The summed E-state index contributed by atoms with van der Waals surface area (Å²) >= 11 is 0. The molecule has 0 spiro atoms. The van der Waals surface area contributed by atoms with E-state index in [1.165, 1.54) is 37.3 Å². The van der Waals surface area contributed by atoms with E-state index in [0.29, 0.717) is 138 Å². The lowest BCUT2D eigenvalue weighted by Gasteiger charge is -2.26. The van der Waals surface area contributed by atoms with Crippen LogP contribution in [0.25, 0.3) is 65.4 Å². The van der Waals surface area contributed by atoms with Crippen LogP contribution in [0.2, 0.25) is 0 Å². The molecule has 0 radical (unpaired) electrons. The number of allylic oxidation sites excluding steroid dienone is 2. The minimum atomic E-state index is -3.08. The molecule has 9 N–H and O–H groups in total. The molecule has 0 unspecified atom stereocenters. The summed E-state index contributed by atoms with van der Waals surface area (Å²) in [6.07, 6.45) is 18.8. The number of nitrogens with one attached hydrogen (secondary N) is 9. The van der Waals surface area contributed by atoms with E-state index in [2.05, 4.69) is 106 Å². The summed E-state index contributed by atoms with van der Waals surface area (Å²) in [6.45, 7) is 13.9. The predicted octanol–water partition coefficient (Wildman–Crippen LogP) is 16.4. The van der Waals surface area contributed by atoms with E-state index in [-0.39, 0.29) is 30.4 Å². The van der Waals surface area contributed by atoms with Gasteiger partial charge in [0.1, 0.15) is 73.7 Å². The number of anilines is 9. The minimum absolute atomic E-state index is 0.0762. The number of amides is 3. The number of aromatic nitrogens is 12. The number of fused-ring (bicyclic) bond motifs is 6. The van der Waals surface area contributed by atoms with Crippen molar-refractivity contribution >= 4 is 147 Å². The molecule has 0 bridgehead atoms. The van der Waals surface area contributed by atoms with Gasteiger partial charge in [0, 0.05) is 167 Å². The van der Waals surface area contributed by atoms with Crippen LogP contribution in [0.15, 0.2) is 256 Å². The summed E-state index contributed by atoms with van der Waals surface area (Å²) in [5, 5.41) is 22.8. The first-order valence-electron chi connectivity index (χ1n) is 45.1. The van der Waals surface area contributed by atoms with E-state index < -0.39 is 29.6 Å². The number of hydrogen-bond donors (Lipinski definition) is 9. The van der Waals surface area contributed by atoms with Crippen molar-refractivity contribution < 1.29 is 65.9 Å². The quantitative estimate of drug-likeness (QED) is 0.00986. The average Bonchev–Trinajstić information content (AvgIpc) is 1.31. The second-order valence-corrected chi connectivity index (χ2v) is 32.4. The number of H-pyrrole nitrogens is 3. The van der Waals surface area contributed by atoms with Gasteiger partial charge in [-0.1, -0.05) is 91.0 Å². The lowest BCUT2D eigenvalue weighted by molar-refractivity contribution is -0.138. The molecule has 15 aromatic rings. The number of rotatable bonds is 38. The van der Waals surface area contributed by atoms with Crippen LogP contribution in [0.3, 0.4) is 0 Å². The maximum absolute atomic E-state index is 14.4. The zero-order valence-corrected chi connectivity index (χ0v) is 74.7. The van der Waals surface area contributed by atoms with E-state index in [0.717, 1.165) is 183 Å². The van der Waals surface area contributed by atoms with Crippen LogP contribution in [-0.4, -0.2) is 215 Å². The zero-order chi connectivity index (χ0) is 93.5. The number of benzene rings is 6. The Morgan fingerprint density at radius 3 is 1.14 bits per heavy atom. The second-order valence-electron chi connectivity index (χ2n) is 32.4. The number of morpholine rings is 3. The highest BCUT2D eigenvalue weighted by Gasteiger charge is 2.26. The Balaban J connectivity index is 0.000000148. The molecule has 0 saturated carbocycles. The van der Waals surface area contributed by atoms with Gasteiger partial charge in [-0.15, -0.1) is 0 Å². The van der Waals surface area contributed by atoms with Gasteiger partial charge in [0.05, 0.1) is 81.4 Å². The average molecular weight is 1840 g/mol. The number of aromatic amines is 3. The fourth-order valence-electron chi connectivity index (χ4n) is 15.3. The maximum atomic E-state index is 14.4. The molecule has 3 saturated heterocycles. The zero-order valence-electron chi connectivity index (χ0n) is 74.7. The summed E-state index contributed by atoms with van der Waals surface area (Å²) in [5.74, 6) is -0.946. The Labute approximate surface area is 781 Å². The second kappa shape index (κ2) is 47.3. The van der Waals surface area contributed by atoms with Crippen molar-refractivity contribution in [3.8, 4) is 17.6 Å². The Hall–Kier alpha value is -15.4. The van der Waals surface area contributed by atoms with E-state index in [1.54, 1.807) is 30.6 Å². The Bertz CT molecular complexity index is 6410. The third kappa shape index (κ3) is 28.1. The number of nitrogens with zero attached hydrogens (tertiary/aromatic N) is 12. The molecule has 698 valence electrons. The fraction of sp³-hybridized carbons (Fsp3) is 0.267. The van der Waals surface area contributed by atoms with Gasteiger partial charge in [0.25, 0.3) is 5.92 Å². The van der Waals surface area contributed by atoms with E-state index in [9.17, 15) is 32.8 Å². The van der Waals surface area contributed by atoms with Crippen molar-refractivity contribution in [1.82, 2.24) is 74.5 Å². The number of hydrogen-bond acceptors (Lipinski definition) is 27. The minimum Gasteiger partial charge on any atom is -0.474 e. The first-order valence-corrected chi connectivity index (χ1v) is 45.1. The van der Waals surface area contributed by atoms with E-state index >= 15 is 0 Å². The lowest BCUT2D eigenvalue weighted by atomic mass is 10.1. The largest absolute Gasteiger partial charge is 0.474 e. The van der Waals surface area contributed by atoms with Crippen LogP contribution in [0.4, 0.5) is 60.8 Å². The van der Waals surface area contributed by atoms with Gasteiger partial charge in [-0.05, 0) is 147 Å². The smallest absolute Gasteiger partial charge is 0.330 e. The number of halogens is 2. The Morgan fingerprint density at radius 2 is 0.750 bits per heavy atom. The lowest BCUT2D eigenvalue weighted by Crippen LogP contribution is -2.37. The molecule has 0 atom stereocenters. The van der Waals surface area contributed by atoms with Crippen molar-refractivity contribution in [2.75, 3.05) is 137 Å². The van der Waals surface area contributed by atoms with Gasteiger partial charge in [-0.25, -0.2) is 58.4 Å². The summed E-state index contributed by atoms with van der Waals surface area (Å²) < 4.78 is 67.8. The van der Waals surface area contributed by atoms with Gasteiger partial charge in [-0.3, -0.25) is 33.9 Å². The third-order valence-corrected chi connectivity index (χ3v) is 22.4. The van der Waals surface area contributed by atoms with Gasteiger partial charge in [0.15, 0.2) is 23.4 Å². The molecule has 12 heterocycles. The molecule has 136 heavy (non-hydrogen) atoms. The monoisotopic (exact) mass is 1840 g/mol. The van der Waals surface area contributed by atoms with Crippen molar-refractivity contribution in [2.24, 2.45) is 0 Å². The summed E-state index contributed by atoms with van der Waals surface area (Å²) in [5.41, 5.74) is 10.2. The highest BCUT2D eigenvalue weighted by Crippen LogP contribution is 2.34. The van der Waals surface area contributed by atoms with Gasteiger partial charge in [0.2, 0.25) is 17.7 Å². The highest BCUT2D eigenvalue weighted by molar-refractivity contribution is 6.06. The number of carbonyl (C=O) groups is 5. The van der Waals surface area contributed by atoms with Crippen molar-refractivity contribution in [1.29, 1.82) is 0 Å². The molecule has 3 fully saturated rings. The molecule has 3 amide bonds. The molecule has 6 aromatic carbocycles. The van der Waals surface area contributed by atoms with Crippen LogP contribution in [0.1, 0.15) is 61.6 Å². The standard InChI is InChI=1S/C34H35F2N7O3.C34H35N7O4.C33H33N7O5/c35-34(36,11-4-5-13-43-14-16-45-17-15-43)12-10-31(44)42-30-20-27-29(21-37-30)38-23-39-33(27)40-26-8-9-28-25(18-26)19-32(41-28)46-22-24-6-2-1-3-7-24;42-27(8-4-5-13-41-14-16-44-17-15-41)10-12-32(43)40-31-20-28-30(21-35-31)36-23-37-34(28)38-26-9-11-29-25(18-26)19-33(39-29)45-22-24-6-2-1-3-7-24;41-30(9-10-32(42)44-14-4-11-40-12-15-43-16-13-40)39-29-19-26-28(20-34-29)35-22-36-33(26)37-25-7-8-27-24(17-25)18-31(38-27)45-21-23-5-2-1-3-6-23/h1-3,6-10,12,18-21,23,41H,4-5,11,13-17,22H2,(H,37,42,44)(H,38,39,40);1-3,6-7,9-12,18-21,23,39H,4-5,8,13-17,22H2,(H,35,40,43)(H,36,37,38);1-3,5-10,17-20,22,38H,4,11-16,21H2,(H,34,39,41)(H,35,36,37)/b2*12-10+;10-9+. The predicted molar refractivity (Wildman–Crippen MR) is 517 cm³/mol. The maximum Gasteiger partial charge on any atom is 0.330 e. The number of carbonyl (C=O) groups excluding carboxylic acids is 5. The van der Waals surface area contributed by atoms with Crippen molar-refractivity contribution in [3.05, 3.63) is 273 Å². The summed E-state index contributed by atoms with van der Waals surface area (Å²) in [6, 6.07) is 58.4.